The molecule has 0 bridgehead atoms. The van der Waals surface area contributed by atoms with Crippen molar-refractivity contribution in [2.24, 2.45) is 5.73 Å². The van der Waals surface area contributed by atoms with Crippen LogP contribution in [-0.2, 0) is 6.54 Å². The Labute approximate surface area is 126 Å². The van der Waals surface area contributed by atoms with Gasteiger partial charge in [0.15, 0.2) is 0 Å². The maximum absolute atomic E-state index is 12.3. The first-order valence-corrected chi connectivity index (χ1v) is 6.89. The smallest absolute Gasteiger partial charge is 0.261 e. The van der Waals surface area contributed by atoms with Crippen LogP contribution in [0.4, 0.5) is 0 Å². The number of fused-ring (bicyclic) bond motifs is 1. The molecule has 0 atom stereocenters. The van der Waals surface area contributed by atoms with Crippen LogP contribution in [0.5, 0.6) is 0 Å². The van der Waals surface area contributed by atoms with E-state index in [1.54, 1.807) is 29.1 Å². The highest BCUT2D eigenvalue weighted by Crippen LogP contribution is 2.16. The SMILES string of the molecule is NC(=S)c1cccn(Cc2ccnc3ccccc23)c1=O. The van der Waals surface area contributed by atoms with Crippen LogP contribution in [-0.4, -0.2) is 14.5 Å². The molecule has 0 aliphatic heterocycles. The second kappa shape index (κ2) is 5.46. The van der Waals surface area contributed by atoms with Crippen molar-refractivity contribution >= 4 is 28.1 Å². The molecule has 3 aromatic rings. The predicted octanol–water partition coefficient (Wildman–Crippen LogP) is 2.08. The van der Waals surface area contributed by atoms with Crippen molar-refractivity contribution < 1.29 is 0 Å². The highest BCUT2D eigenvalue weighted by molar-refractivity contribution is 7.80. The number of hydrogen-bond acceptors (Lipinski definition) is 3. The number of rotatable bonds is 3. The molecule has 0 fully saturated rings. The Morgan fingerprint density at radius 3 is 2.81 bits per heavy atom. The van der Waals surface area contributed by atoms with Crippen LogP contribution >= 0.6 is 12.2 Å². The fourth-order valence-electron chi connectivity index (χ4n) is 2.33. The molecule has 0 aliphatic carbocycles. The van der Waals surface area contributed by atoms with Gasteiger partial charge in [0, 0.05) is 17.8 Å². The van der Waals surface area contributed by atoms with Gasteiger partial charge in [-0.15, -0.1) is 0 Å². The second-order valence-corrected chi connectivity index (χ2v) is 5.15. The Kier molecular flexibility index (Phi) is 3.50. The molecule has 0 saturated heterocycles. The molecule has 21 heavy (non-hydrogen) atoms. The van der Waals surface area contributed by atoms with E-state index in [1.807, 2.05) is 30.3 Å². The van der Waals surface area contributed by atoms with Crippen molar-refractivity contribution in [1.29, 1.82) is 0 Å². The Bertz CT molecular complexity index is 881. The van der Waals surface area contributed by atoms with Crippen molar-refractivity contribution in [3.8, 4) is 0 Å². The van der Waals surface area contributed by atoms with Crippen LogP contribution < -0.4 is 11.3 Å². The topological polar surface area (TPSA) is 60.9 Å². The van der Waals surface area contributed by atoms with Gasteiger partial charge in [-0.3, -0.25) is 9.78 Å². The normalized spacial score (nSPS) is 10.7. The van der Waals surface area contributed by atoms with E-state index in [4.69, 9.17) is 18.0 Å². The summed E-state index contributed by atoms with van der Waals surface area (Å²) in [6, 6.07) is 13.2. The maximum atomic E-state index is 12.3. The molecular weight excluding hydrogens is 282 g/mol. The van der Waals surface area contributed by atoms with E-state index in [0.717, 1.165) is 16.5 Å². The summed E-state index contributed by atoms with van der Waals surface area (Å²) in [5.74, 6) is 0. The number of nitrogens with two attached hydrogens (primary N) is 1. The van der Waals surface area contributed by atoms with Gasteiger partial charge in [-0.1, -0.05) is 30.4 Å². The van der Waals surface area contributed by atoms with Gasteiger partial charge in [0.25, 0.3) is 5.56 Å². The van der Waals surface area contributed by atoms with E-state index in [0.29, 0.717) is 12.1 Å². The van der Waals surface area contributed by atoms with Crippen LogP contribution in [0.25, 0.3) is 10.9 Å². The Balaban J connectivity index is 2.10. The number of thiocarbonyl (C=S) groups is 1. The minimum Gasteiger partial charge on any atom is -0.389 e. The van der Waals surface area contributed by atoms with Gasteiger partial charge in [-0.05, 0) is 29.8 Å². The van der Waals surface area contributed by atoms with Crippen molar-refractivity contribution in [1.82, 2.24) is 9.55 Å². The van der Waals surface area contributed by atoms with Crippen molar-refractivity contribution in [2.45, 2.75) is 6.54 Å². The van der Waals surface area contributed by atoms with Gasteiger partial charge in [0.2, 0.25) is 0 Å². The second-order valence-electron chi connectivity index (χ2n) is 4.71. The van der Waals surface area contributed by atoms with E-state index in [-0.39, 0.29) is 10.5 Å². The van der Waals surface area contributed by atoms with E-state index < -0.39 is 0 Å². The largest absolute Gasteiger partial charge is 0.389 e. The number of para-hydroxylation sites is 1. The Morgan fingerprint density at radius 2 is 2.00 bits per heavy atom. The van der Waals surface area contributed by atoms with Crippen LogP contribution in [0.1, 0.15) is 11.1 Å². The molecule has 2 N–H and O–H groups in total. The van der Waals surface area contributed by atoms with Crippen LogP contribution in [0.3, 0.4) is 0 Å². The minimum atomic E-state index is -0.175. The summed E-state index contributed by atoms with van der Waals surface area (Å²) in [7, 11) is 0. The molecule has 5 heteroatoms. The van der Waals surface area contributed by atoms with Crippen LogP contribution in [0, 0.1) is 0 Å². The third-order valence-electron chi connectivity index (χ3n) is 3.37. The summed E-state index contributed by atoms with van der Waals surface area (Å²) < 4.78 is 1.61. The van der Waals surface area contributed by atoms with Crippen LogP contribution in [0.15, 0.2) is 59.7 Å². The Morgan fingerprint density at radius 1 is 1.19 bits per heavy atom. The van der Waals surface area contributed by atoms with E-state index in [1.165, 1.54) is 0 Å². The lowest BCUT2D eigenvalue weighted by Crippen LogP contribution is -2.28. The minimum absolute atomic E-state index is 0.119. The summed E-state index contributed by atoms with van der Waals surface area (Å²) in [4.78, 5) is 16.8. The molecule has 0 aliphatic rings. The van der Waals surface area contributed by atoms with E-state index in [2.05, 4.69) is 4.98 Å². The predicted molar refractivity (Wildman–Crippen MR) is 87.4 cm³/mol. The lowest BCUT2D eigenvalue weighted by molar-refractivity contribution is 0.761. The molecule has 0 amide bonds. The van der Waals surface area contributed by atoms with Crippen molar-refractivity contribution in [3.63, 3.8) is 0 Å². The van der Waals surface area contributed by atoms with E-state index in [9.17, 15) is 4.79 Å². The number of pyridine rings is 2. The monoisotopic (exact) mass is 295 g/mol. The molecule has 2 aromatic heterocycles. The number of benzene rings is 1. The first kappa shape index (κ1) is 13.5. The first-order valence-electron chi connectivity index (χ1n) is 6.49. The molecule has 1 aromatic carbocycles. The standard InChI is InChI=1S/C16H13N3OS/c17-15(21)13-5-3-9-19(16(13)20)10-11-7-8-18-14-6-2-1-4-12(11)14/h1-9H,10H2,(H2,17,21). The average molecular weight is 295 g/mol. The first-order chi connectivity index (χ1) is 10.2. The third-order valence-corrected chi connectivity index (χ3v) is 3.59. The fourth-order valence-corrected chi connectivity index (χ4v) is 2.48. The van der Waals surface area contributed by atoms with Crippen molar-refractivity contribution in [2.75, 3.05) is 0 Å². The quantitative estimate of drug-likeness (QED) is 0.752. The number of aromatic nitrogens is 2. The highest BCUT2D eigenvalue weighted by atomic mass is 32.1. The molecule has 0 saturated carbocycles. The number of nitrogens with zero attached hydrogens (tertiary/aromatic N) is 2. The van der Waals surface area contributed by atoms with E-state index >= 15 is 0 Å². The molecule has 3 rings (SSSR count). The fraction of sp³-hybridized carbons (Fsp3) is 0.0625. The van der Waals surface area contributed by atoms with Gasteiger partial charge >= 0.3 is 0 Å². The zero-order chi connectivity index (χ0) is 14.8. The van der Waals surface area contributed by atoms with Crippen LogP contribution in [0.2, 0.25) is 0 Å². The van der Waals surface area contributed by atoms with Gasteiger partial charge in [-0.2, -0.15) is 0 Å². The lowest BCUT2D eigenvalue weighted by atomic mass is 10.1. The summed E-state index contributed by atoms with van der Waals surface area (Å²) in [5, 5.41) is 1.03. The molecule has 0 unspecified atom stereocenters. The summed E-state index contributed by atoms with van der Waals surface area (Å²) in [6.07, 6.45) is 3.49. The molecule has 0 radical (unpaired) electrons. The zero-order valence-electron chi connectivity index (χ0n) is 11.2. The molecule has 0 spiro atoms. The van der Waals surface area contributed by atoms with Gasteiger partial charge in [-0.25, -0.2) is 0 Å². The molecule has 2 heterocycles. The third kappa shape index (κ3) is 2.55. The summed E-state index contributed by atoms with van der Waals surface area (Å²) >= 11 is 4.91. The lowest BCUT2D eigenvalue weighted by Gasteiger charge is -2.09. The van der Waals surface area contributed by atoms with Gasteiger partial charge in [0.1, 0.15) is 4.99 Å². The average Bonchev–Trinajstić information content (AvgIpc) is 2.49. The molecule has 104 valence electrons. The van der Waals surface area contributed by atoms with Crippen molar-refractivity contribution in [3.05, 3.63) is 76.3 Å². The zero-order valence-corrected chi connectivity index (χ0v) is 12.0. The molecule has 4 nitrogen and oxygen atoms in total. The number of hydrogen-bond donors (Lipinski definition) is 1. The Hall–Kier alpha value is -2.53. The molecular formula is C16H13N3OS. The van der Waals surface area contributed by atoms with Gasteiger partial charge < -0.3 is 10.3 Å². The summed E-state index contributed by atoms with van der Waals surface area (Å²) in [6.45, 7) is 0.457. The van der Waals surface area contributed by atoms with Gasteiger partial charge in [0.05, 0.1) is 17.6 Å². The summed E-state index contributed by atoms with van der Waals surface area (Å²) in [5.41, 5.74) is 7.71. The highest BCUT2D eigenvalue weighted by Gasteiger charge is 2.07. The maximum Gasteiger partial charge on any atom is 0.261 e.